The first kappa shape index (κ1) is 17.0. The van der Waals surface area contributed by atoms with Gasteiger partial charge in [0.05, 0.1) is 16.8 Å². The molecule has 17 heavy (non-hydrogen) atoms. The van der Waals surface area contributed by atoms with E-state index < -0.39 is 0 Å². The molecule has 0 spiro atoms. The first-order chi connectivity index (χ1) is 8.02. The molecule has 0 fully saturated rings. The van der Waals surface area contributed by atoms with Crippen LogP contribution in [0.3, 0.4) is 0 Å². The van der Waals surface area contributed by atoms with Crippen molar-refractivity contribution in [2.24, 2.45) is 0 Å². The van der Waals surface area contributed by atoms with Crippen molar-refractivity contribution in [3.63, 3.8) is 0 Å². The lowest BCUT2D eigenvalue weighted by Crippen LogP contribution is -2.00. The van der Waals surface area contributed by atoms with Crippen LogP contribution in [0.4, 0.5) is 0 Å². The maximum absolute atomic E-state index is 5.54. The maximum atomic E-state index is 5.54. The van der Waals surface area contributed by atoms with E-state index in [4.69, 9.17) is 9.47 Å². The lowest BCUT2D eigenvalue weighted by Gasteiger charge is -2.10. The van der Waals surface area contributed by atoms with Crippen molar-refractivity contribution in [1.29, 1.82) is 0 Å². The Morgan fingerprint density at radius 3 is 2.35 bits per heavy atom. The molecule has 0 aliphatic carbocycles. The Balaban J connectivity index is 3.74. The van der Waals surface area contributed by atoms with Gasteiger partial charge >= 0.3 is 0 Å². The van der Waals surface area contributed by atoms with E-state index in [2.05, 4.69) is 58.3 Å². The molecule has 0 saturated heterocycles. The van der Waals surface area contributed by atoms with E-state index in [1.807, 2.05) is 19.9 Å². The molecule has 0 aliphatic heterocycles. The van der Waals surface area contributed by atoms with Crippen LogP contribution in [-0.2, 0) is 9.47 Å². The van der Waals surface area contributed by atoms with Gasteiger partial charge in [-0.2, -0.15) is 0 Å². The summed E-state index contributed by atoms with van der Waals surface area (Å²) in [7, 11) is 0. The predicted octanol–water partition coefficient (Wildman–Crippen LogP) is 5.11. The average molecular weight is 460 g/mol. The summed E-state index contributed by atoms with van der Waals surface area (Å²) in [6.45, 7) is 12.7. The molecule has 0 rings (SSSR count). The van der Waals surface area contributed by atoms with Gasteiger partial charge in [0.1, 0.15) is 11.5 Å². The zero-order valence-corrected chi connectivity index (χ0v) is 14.6. The Kier molecular flexibility index (Phi) is 10.0. The van der Waals surface area contributed by atoms with Crippen molar-refractivity contribution in [2.75, 3.05) is 13.2 Å². The Labute approximate surface area is 131 Å². The second kappa shape index (κ2) is 9.99. The highest BCUT2D eigenvalue weighted by atomic mass is 127. The Morgan fingerprint density at radius 1 is 1.24 bits per heavy atom. The van der Waals surface area contributed by atoms with Crippen molar-refractivity contribution in [1.82, 2.24) is 0 Å². The normalized spacial score (nSPS) is 12.8. The van der Waals surface area contributed by atoms with E-state index >= 15 is 0 Å². The standard InChI is InChI=1S/C13H18I2O2/c1-5-12(14)10(3)16-8-7-9-17-11(4)13(15)6-2/h5-6H,1,4,7-9H2,2-3H3/b12-10-,13-6+. The van der Waals surface area contributed by atoms with Crippen LogP contribution in [0.5, 0.6) is 0 Å². The third kappa shape index (κ3) is 7.86. The smallest absolute Gasteiger partial charge is 0.125 e. The van der Waals surface area contributed by atoms with Gasteiger partial charge < -0.3 is 9.47 Å². The fraction of sp³-hybridized carbons (Fsp3) is 0.385. The van der Waals surface area contributed by atoms with Crippen molar-refractivity contribution < 1.29 is 9.47 Å². The number of halogens is 2. The molecule has 0 radical (unpaired) electrons. The van der Waals surface area contributed by atoms with Crippen LogP contribution in [0.2, 0.25) is 0 Å². The minimum absolute atomic E-state index is 0.622. The first-order valence-electron chi connectivity index (χ1n) is 5.28. The van der Waals surface area contributed by atoms with Crippen molar-refractivity contribution in [3.05, 3.63) is 44.0 Å². The molecular weight excluding hydrogens is 442 g/mol. The molecule has 0 atom stereocenters. The van der Waals surface area contributed by atoms with Gasteiger partial charge in [0.15, 0.2) is 0 Å². The predicted molar refractivity (Wildman–Crippen MR) is 90.4 cm³/mol. The quantitative estimate of drug-likeness (QED) is 0.217. The second-order valence-electron chi connectivity index (χ2n) is 3.22. The largest absolute Gasteiger partial charge is 0.497 e. The minimum atomic E-state index is 0.622. The SMILES string of the molecule is C=C/C(I)=C(\C)OCCCOC(=C)/C(I)=C\C. The molecule has 4 heteroatoms. The molecule has 0 heterocycles. The zero-order valence-electron chi connectivity index (χ0n) is 10.3. The molecule has 0 amide bonds. The van der Waals surface area contributed by atoms with Gasteiger partial charge in [0, 0.05) is 10.0 Å². The second-order valence-corrected chi connectivity index (χ2v) is 5.54. The lowest BCUT2D eigenvalue weighted by atomic mass is 10.4. The van der Waals surface area contributed by atoms with Gasteiger partial charge in [-0.05, 0) is 59.0 Å². The van der Waals surface area contributed by atoms with E-state index in [1.165, 1.54) is 0 Å². The van der Waals surface area contributed by atoms with Crippen LogP contribution >= 0.6 is 45.2 Å². The van der Waals surface area contributed by atoms with E-state index in [0.29, 0.717) is 13.2 Å². The van der Waals surface area contributed by atoms with E-state index in [1.54, 1.807) is 6.08 Å². The molecule has 0 aromatic heterocycles. The highest BCUT2D eigenvalue weighted by molar-refractivity contribution is 14.1. The van der Waals surface area contributed by atoms with E-state index in [-0.39, 0.29) is 0 Å². The summed E-state index contributed by atoms with van der Waals surface area (Å²) in [4.78, 5) is 0. The molecule has 0 unspecified atom stereocenters. The fourth-order valence-electron chi connectivity index (χ4n) is 0.922. The van der Waals surface area contributed by atoms with Crippen LogP contribution in [0.1, 0.15) is 20.3 Å². The van der Waals surface area contributed by atoms with Gasteiger partial charge in [-0.25, -0.2) is 0 Å². The van der Waals surface area contributed by atoms with E-state index in [0.717, 1.165) is 25.1 Å². The van der Waals surface area contributed by atoms with Gasteiger partial charge in [0.25, 0.3) is 0 Å². The molecular formula is C13H18I2O2. The molecule has 0 N–H and O–H groups in total. The molecule has 0 saturated carbocycles. The zero-order chi connectivity index (χ0) is 13.3. The third-order valence-corrected chi connectivity index (χ3v) is 4.34. The average Bonchev–Trinajstić information content (AvgIpc) is 2.35. The van der Waals surface area contributed by atoms with Crippen LogP contribution in [0.25, 0.3) is 0 Å². The van der Waals surface area contributed by atoms with Crippen LogP contribution in [0, 0.1) is 0 Å². The highest BCUT2D eigenvalue weighted by Crippen LogP contribution is 2.17. The summed E-state index contributed by atoms with van der Waals surface area (Å²) in [6.07, 6.45) is 4.59. The van der Waals surface area contributed by atoms with Crippen molar-refractivity contribution in [3.8, 4) is 0 Å². The Bertz CT molecular complexity index is 330. The summed E-state index contributed by atoms with van der Waals surface area (Å²) >= 11 is 4.40. The number of rotatable bonds is 8. The summed E-state index contributed by atoms with van der Waals surface area (Å²) in [5.74, 6) is 1.63. The summed E-state index contributed by atoms with van der Waals surface area (Å²) < 4.78 is 13.1. The van der Waals surface area contributed by atoms with Crippen LogP contribution in [0.15, 0.2) is 44.0 Å². The highest BCUT2D eigenvalue weighted by Gasteiger charge is 1.99. The molecule has 0 aliphatic rings. The topological polar surface area (TPSA) is 18.5 Å². The van der Waals surface area contributed by atoms with Gasteiger partial charge in [-0.15, -0.1) is 0 Å². The van der Waals surface area contributed by atoms with Gasteiger partial charge in [-0.1, -0.05) is 25.3 Å². The van der Waals surface area contributed by atoms with Crippen LogP contribution in [-0.4, -0.2) is 13.2 Å². The summed E-state index contributed by atoms with van der Waals surface area (Å²) in [6, 6.07) is 0. The molecule has 0 bridgehead atoms. The van der Waals surface area contributed by atoms with Crippen molar-refractivity contribution in [2.45, 2.75) is 20.3 Å². The minimum Gasteiger partial charge on any atom is -0.497 e. The molecule has 0 aromatic rings. The number of ether oxygens (including phenoxy) is 2. The fourth-order valence-corrected chi connectivity index (χ4v) is 1.23. The number of allylic oxidation sites excluding steroid dienone is 5. The Morgan fingerprint density at radius 2 is 1.82 bits per heavy atom. The summed E-state index contributed by atoms with van der Waals surface area (Å²) in [5.41, 5.74) is 0. The lowest BCUT2D eigenvalue weighted by molar-refractivity contribution is 0.158. The monoisotopic (exact) mass is 460 g/mol. The summed E-state index contributed by atoms with van der Waals surface area (Å²) in [5, 5.41) is 0. The number of hydrogen-bond donors (Lipinski definition) is 0. The maximum Gasteiger partial charge on any atom is 0.125 e. The van der Waals surface area contributed by atoms with E-state index in [9.17, 15) is 0 Å². The molecule has 2 nitrogen and oxygen atoms in total. The van der Waals surface area contributed by atoms with Crippen molar-refractivity contribution >= 4 is 45.2 Å². The van der Waals surface area contributed by atoms with Gasteiger partial charge in [0.2, 0.25) is 0 Å². The molecule has 96 valence electrons. The van der Waals surface area contributed by atoms with Crippen LogP contribution < -0.4 is 0 Å². The Hall–Kier alpha value is 0.0200. The molecule has 0 aromatic carbocycles. The number of hydrogen-bond acceptors (Lipinski definition) is 2. The third-order valence-electron chi connectivity index (χ3n) is 1.92. The van der Waals surface area contributed by atoms with Gasteiger partial charge in [-0.3, -0.25) is 0 Å². The first-order valence-corrected chi connectivity index (χ1v) is 7.44.